The number of carbonyl (C=O) groups is 1. The summed E-state index contributed by atoms with van der Waals surface area (Å²) < 4.78 is 6.82. The number of ether oxygens (including phenoxy) is 1. The highest BCUT2D eigenvalue weighted by atomic mass is 79.9. The van der Waals surface area contributed by atoms with Crippen molar-refractivity contribution in [3.63, 3.8) is 0 Å². The van der Waals surface area contributed by atoms with Gasteiger partial charge in [-0.15, -0.1) is 11.3 Å². The van der Waals surface area contributed by atoms with E-state index in [1.54, 1.807) is 12.3 Å². The maximum atomic E-state index is 12.2. The van der Waals surface area contributed by atoms with E-state index in [0.717, 1.165) is 22.2 Å². The second-order valence-electron chi connectivity index (χ2n) is 6.04. The molecule has 0 unspecified atom stereocenters. The van der Waals surface area contributed by atoms with Crippen molar-refractivity contribution in [3.05, 3.63) is 45.2 Å². The minimum atomic E-state index is -0.0826. The molecule has 25 heavy (non-hydrogen) atoms. The first kappa shape index (κ1) is 19.7. The van der Waals surface area contributed by atoms with Crippen molar-refractivity contribution in [3.8, 4) is 5.75 Å². The lowest BCUT2D eigenvalue weighted by Gasteiger charge is -2.11. The Balaban J connectivity index is 2.21. The summed E-state index contributed by atoms with van der Waals surface area (Å²) in [5, 5.41) is 5.47. The Morgan fingerprint density at radius 1 is 1.40 bits per heavy atom. The van der Waals surface area contributed by atoms with Gasteiger partial charge in [-0.25, -0.2) is 4.99 Å². The maximum Gasteiger partial charge on any atom is 0.254 e. The van der Waals surface area contributed by atoms with Crippen molar-refractivity contribution in [2.24, 2.45) is 10.9 Å². The van der Waals surface area contributed by atoms with Crippen LogP contribution in [-0.2, 0) is 0 Å². The Hall–Kier alpha value is -1.66. The Labute approximate surface area is 161 Å². The predicted octanol–water partition coefficient (Wildman–Crippen LogP) is 5.44. The van der Waals surface area contributed by atoms with E-state index >= 15 is 0 Å². The number of carbonyl (C=O) groups excluding carboxylic acids is 1. The van der Waals surface area contributed by atoms with Gasteiger partial charge in [0, 0.05) is 22.8 Å². The fraction of sp³-hybridized carbons (Fsp3) is 0.368. The molecule has 0 fully saturated rings. The summed E-state index contributed by atoms with van der Waals surface area (Å²) in [5.41, 5.74) is 1.48. The number of rotatable bonds is 8. The molecule has 4 nitrogen and oxygen atoms in total. The standard InChI is InChI=1S/C19H23BrN2O2S/c1-4-8-21-18(23)16-7-9-25-19(16)22-11-14-10-15(20)5-6-17(14)24-12-13(2)3/h5-7,9-11,13H,4,8,12H2,1-3H3,(H,21,23)/b22-11+. The summed E-state index contributed by atoms with van der Waals surface area (Å²) in [6.45, 7) is 7.56. The van der Waals surface area contributed by atoms with E-state index in [1.807, 2.05) is 30.5 Å². The molecule has 1 aromatic carbocycles. The summed E-state index contributed by atoms with van der Waals surface area (Å²) >= 11 is 4.93. The molecule has 0 saturated heterocycles. The molecule has 0 aliphatic heterocycles. The smallest absolute Gasteiger partial charge is 0.254 e. The van der Waals surface area contributed by atoms with Crippen LogP contribution in [0.5, 0.6) is 5.75 Å². The lowest BCUT2D eigenvalue weighted by molar-refractivity contribution is 0.0955. The monoisotopic (exact) mass is 422 g/mol. The van der Waals surface area contributed by atoms with Crippen LogP contribution in [-0.4, -0.2) is 25.3 Å². The van der Waals surface area contributed by atoms with Crippen LogP contribution in [0.3, 0.4) is 0 Å². The van der Waals surface area contributed by atoms with Crippen molar-refractivity contribution >= 4 is 44.4 Å². The second-order valence-corrected chi connectivity index (χ2v) is 7.85. The molecular formula is C19H23BrN2O2S. The minimum Gasteiger partial charge on any atom is -0.493 e. The number of aliphatic imine (C=N–C) groups is 1. The quantitative estimate of drug-likeness (QED) is 0.575. The van der Waals surface area contributed by atoms with Crippen LogP contribution < -0.4 is 10.1 Å². The van der Waals surface area contributed by atoms with Gasteiger partial charge in [-0.3, -0.25) is 4.79 Å². The van der Waals surface area contributed by atoms with Gasteiger partial charge in [0.15, 0.2) is 0 Å². The van der Waals surface area contributed by atoms with Crippen molar-refractivity contribution < 1.29 is 9.53 Å². The van der Waals surface area contributed by atoms with Crippen molar-refractivity contribution in [1.29, 1.82) is 0 Å². The molecule has 0 aliphatic rings. The van der Waals surface area contributed by atoms with E-state index in [-0.39, 0.29) is 5.91 Å². The average Bonchev–Trinajstić information content (AvgIpc) is 3.05. The highest BCUT2D eigenvalue weighted by molar-refractivity contribution is 9.10. The normalized spacial score (nSPS) is 11.2. The third kappa shape index (κ3) is 5.97. The van der Waals surface area contributed by atoms with E-state index in [1.165, 1.54) is 11.3 Å². The van der Waals surface area contributed by atoms with Crippen LogP contribution in [0.2, 0.25) is 0 Å². The van der Waals surface area contributed by atoms with Crippen LogP contribution in [0.1, 0.15) is 43.1 Å². The number of amides is 1. The van der Waals surface area contributed by atoms with Crippen LogP contribution >= 0.6 is 27.3 Å². The van der Waals surface area contributed by atoms with E-state index in [9.17, 15) is 4.79 Å². The molecule has 6 heteroatoms. The Bertz CT molecular complexity index is 741. The van der Waals surface area contributed by atoms with Crippen molar-refractivity contribution in [1.82, 2.24) is 5.32 Å². The van der Waals surface area contributed by atoms with Crippen LogP contribution in [0.15, 0.2) is 39.1 Å². The zero-order valence-electron chi connectivity index (χ0n) is 14.7. The van der Waals surface area contributed by atoms with Crippen LogP contribution in [0, 0.1) is 5.92 Å². The second kappa shape index (κ2) is 9.73. The summed E-state index contributed by atoms with van der Waals surface area (Å²) in [7, 11) is 0. The lowest BCUT2D eigenvalue weighted by Crippen LogP contribution is -2.23. The Morgan fingerprint density at radius 2 is 2.20 bits per heavy atom. The third-order valence-electron chi connectivity index (χ3n) is 3.29. The number of benzene rings is 1. The van der Waals surface area contributed by atoms with Gasteiger partial charge in [0.05, 0.1) is 12.2 Å². The predicted molar refractivity (Wildman–Crippen MR) is 109 cm³/mol. The first-order valence-corrected chi connectivity index (χ1v) is 10.0. The number of hydrogen-bond donors (Lipinski definition) is 1. The largest absolute Gasteiger partial charge is 0.493 e. The van der Waals surface area contributed by atoms with Crippen molar-refractivity contribution in [2.45, 2.75) is 27.2 Å². The fourth-order valence-corrected chi connectivity index (χ4v) is 3.16. The molecule has 0 radical (unpaired) electrons. The molecule has 0 bridgehead atoms. The minimum absolute atomic E-state index is 0.0826. The lowest BCUT2D eigenvalue weighted by atomic mass is 10.2. The van der Waals surface area contributed by atoms with E-state index in [2.05, 4.69) is 40.1 Å². The molecule has 1 N–H and O–H groups in total. The number of thiophene rings is 1. The molecule has 0 aliphatic carbocycles. The van der Waals surface area contributed by atoms with Gasteiger partial charge in [0.1, 0.15) is 10.8 Å². The highest BCUT2D eigenvalue weighted by Crippen LogP contribution is 2.28. The van der Waals surface area contributed by atoms with E-state index < -0.39 is 0 Å². The molecule has 0 atom stereocenters. The summed E-state index contributed by atoms with van der Waals surface area (Å²) in [5.74, 6) is 1.15. The molecule has 0 spiro atoms. The van der Waals surface area contributed by atoms with Crippen LogP contribution in [0.25, 0.3) is 0 Å². The number of hydrogen-bond acceptors (Lipinski definition) is 4. The highest BCUT2D eigenvalue weighted by Gasteiger charge is 2.12. The summed E-state index contributed by atoms with van der Waals surface area (Å²) in [4.78, 5) is 16.7. The van der Waals surface area contributed by atoms with E-state index in [0.29, 0.717) is 29.6 Å². The first-order valence-electron chi connectivity index (χ1n) is 8.33. The van der Waals surface area contributed by atoms with Gasteiger partial charge < -0.3 is 10.1 Å². The third-order valence-corrected chi connectivity index (χ3v) is 4.60. The van der Waals surface area contributed by atoms with Gasteiger partial charge >= 0.3 is 0 Å². The zero-order chi connectivity index (χ0) is 18.2. The number of nitrogens with one attached hydrogen (secondary N) is 1. The Kier molecular flexibility index (Phi) is 7.65. The van der Waals surface area contributed by atoms with Gasteiger partial charge in [0.2, 0.25) is 0 Å². The molecule has 1 amide bonds. The summed E-state index contributed by atoms with van der Waals surface area (Å²) in [6.07, 6.45) is 2.66. The van der Waals surface area contributed by atoms with Crippen LogP contribution in [0.4, 0.5) is 5.00 Å². The SMILES string of the molecule is CCCNC(=O)c1ccsc1/N=C/c1cc(Br)ccc1OCC(C)C. The van der Waals surface area contributed by atoms with Gasteiger partial charge in [-0.1, -0.05) is 36.7 Å². The van der Waals surface area contributed by atoms with Gasteiger partial charge in [-0.05, 0) is 42.0 Å². The molecule has 2 aromatic rings. The first-order chi connectivity index (χ1) is 12.0. The number of nitrogens with zero attached hydrogens (tertiary/aromatic N) is 1. The molecule has 1 aromatic heterocycles. The zero-order valence-corrected chi connectivity index (χ0v) is 17.1. The Morgan fingerprint density at radius 3 is 2.92 bits per heavy atom. The molecule has 0 saturated carbocycles. The average molecular weight is 423 g/mol. The molecule has 2 rings (SSSR count). The van der Waals surface area contributed by atoms with E-state index in [4.69, 9.17) is 4.74 Å². The summed E-state index contributed by atoms with van der Waals surface area (Å²) in [6, 6.07) is 7.64. The molecule has 134 valence electrons. The maximum absolute atomic E-state index is 12.2. The van der Waals surface area contributed by atoms with Crippen molar-refractivity contribution in [2.75, 3.05) is 13.2 Å². The fourth-order valence-electron chi connectivity index (χ4n) is 2.04. The van der Waals surface area contributed by atoms with Gasteiger partial charge in [0.25, 0.3) is 5.91 Å². The topological polar surface area (TPSA) is 50.7 Å². The number of halogens is 1. The molecule has 1 heterocycles. The molecular weight excluding hydrogens is 400 g/mol. The van der Waals surface area contributed by atoms with Gasteiger partial charge in [-0.2, -0.15) is 0 Å².